The van der Waals surface area contributed by atoms with Crippen LogP contribution in [-0.4, -0.2) is 16.0 Å². The molecule has 1 aliphatic carbocycles. The lowest BCUT2D eigenvalue weighted by atomic mass is 9.93. The number of hydrogen-bond donors (Lipinski definition) is 3. The van der Waals surface area contributed by atoms with Crippen molar-refractivity contribution >= 4 is 62.0 Å². The molecule has 2 heterocycles. The third-order valence-corrected chi connectivity index (χ3v) is 5.96. The number of carbonyl (C=O) groups excluding carboxylic acids is 1. The highest BCUT2D eigenvalue weighted by Gasteiger charge is 2.24. The molecule has 0 aliphatic heterocycles. The molecular formula is C18H15Cl2N3O2S. The molecule has 0 radical (unpaired) electrons. The summed E-state index contributed by atoms with van der Waals surface area (Å²) in [5, 5.41) is 14.5. The Balaban J connectivity index is 1.72. The first-order valence-corrected chi connectivity index (χ1v) is 9.67. The highest BCUT2D eigenvalue weighted by atomic mass is 35.5. The van der Waals surface area contributed by atoms with Crippen molar-refractivity contribution in [2.75, 3.05) is 11.1 Å². The number of aryl methyl sites for hydroxylation is 1. The lowest BCUT2D eigenvalue weighted by molar-refractivity contribution is 0.103. The number of nitrogens with one attached hydrogen (secondary N) is 1. The van der Waals surface area contributed by atoms with E-state index in [-0.39, 0.29) is 5.91 Å². The lowest BCUT2D eigenvalue weighted by Crippen LogP contribution is -2.12. The van der Waals surface area contributed by atoms with Crippen molar-refractivity contribution in [1.29, 1.82) is 0 Å². The molecular weight excluding hydrogens is 393 g/mol. The Hall–Kier alpha value is -1.86. The van der Waals surface area contributed by atoms with E-state index in [0.29, 0.717) is 42.9 Å². The van der Waals surface area contributed by atoms with Crippen LogP contribution in [0.15, 0.2) is 24.3 Å². The molecule has 0 bridgehead atoms. The number of hydrogen-bond acceptors (Lipinski definition) is 5. The van der Waals surface area contributed by atoms with Crippen LogP contribution in [0.4, 0.5) is 11.4 Å². The minimum absolute atomic E-state index is 0.345. The molecule has 1 atom stereocenters. The van der Waals surface area contributed by atoms with Crippen molar-refractivity contribution in [2.24, 2.45) is 0 Å². The quantitative estimate of drug-likeness (QED) is 0.568. The second-order valence-electron chi connectivity index (χ2n) is 6.24. The fourth-order valence-electron chi connectivity index (χ4n) is 3.18. The van der Waals surface area contributed by atoms with E-state index in [4.69, 9.17) is 28.9 Å². The number of anilines is 2. The molecule has 0 saturated carbocycles. The average molecular weight is 408 g/mol. The predicted octanol–water partition coefficient (Wildman–Crippen LogP) is 4.81. The zero-order chi connectivity index (χ0) is 18.4. The van der Waals surface area contributed by atoms with E-state index in [2.05, 4.69) is 10.3 Å². The van der Waals surface area contributed by atoms with Crippen molar-refractivity contribution < 1.29 is 9.90 Å². The summed E-state index contributed by atoms with van der Waals surface area (Å²) >= 11 is 13.2. The van der Waals surface area contributed by atoms with Crippen LogP contribution >= 0.6 is 34.5 Å². The van der Waals surface area contributed by atoms with Gasteiger partial charge in [0.1, 0.15) is 9.71 Å². The van der Waals surface area contributed by atoms with Crippen LogP contribution in [0.3, 0.4) is 0 Å². The summed E-state index contributed by atoms with van der Waals surface area (Å²) in [5.74, 6) is -0.345. The molecule has 3 aromatic rings. The van der Waals surface area contributed by atoms with Gasteiger partial charge in [0.25, 0.3) is 5.91 Å². The number of nitrogen functional groups attached to an aromatic ring is 1. The van der Waals surface area contributed by atoms with Gasteiger partial charge in [0.15, 0.2) is 0 Å². The molecule has 1 amide bonds. The van der Waals surface area contributed by atoms with E-state index in [1.165, 1.54) is 11.3 Å². The molecule has 1 aromatic carbocycles. The van der Waals surface area contributed by atoms with E-state index in [1.807, 2.05) is 6.07 Å². The van der Waals surface area contributed by atoms with Crippen molar-refractivity contribution in [3.8, 4) is 0 Å². The number of rotatable bonds is 2. The maximum Gasteiger partial charge on any atom is 0.267 e. The Morgan fingerprint density at radius 2 is 2.00 bits per heavy atom. The van der Waals surface area contributed by atoms with Gasteiger partial charge in [-0.3, -0.25) is 4.79 Å². The number of nitrogens with two attached hydrogens (primary N) is 1. The first-order valence-electron chi connectivity index (χ1n) is 8.09. The fraction of sp³-hybridized carbons (Fsp3) is 0.222. The highest BCUT2D eigenvalue weighted by Crippen LogP contribution is 2.38. The standard InChI is InChI=1S/C18H15Cl2N3O2S/c19-8-4-9(20)6-10(5-8)22-17(25)16-15(21)12-7-11-13(23-18(12)26-16)2-1-3-14(11)24/h4-7,14,24H,1-3,21H2,(H,22,25). The normalized spacial score (nSPS) is 16.5. The van der Waals surface area contributed by atoms with E-state index < -0.39 is 6.10 Å². The molecule has 0 fully saturated rings. The average Bonchev–Trinajstić information content (AvgIpc) is 2.89. The Morgan fingerprint density at radius 3 is 2.73 bits per heavy atom. The number of fused-ring (bicyclic) bond motifs is 2. The number of carbonyl (C=O) groups is 1. The van der Waals surface area contributed by atoms with Gasteiger partial charge in [0, 0.05) is 32.4 Å². The minimum Gasteiger partial charge on any atom is -0.397 e. The third-order valence-electron chi connectivity index (χ3n) is 4.41. The number of aliphatic hydroxyl groups is 1. The summed E-state index contributed by atoms with van der Waals surface area (Å²) in [4.78, 5) is 18.4. The first-order chi connectivity index (χ1) is 12.4. The van der Waals surface area contributed by atoms with Crippen molar-refractivity contribution in [3.05, 3.63) is 50.4 Å². The van der Waals surface area contributed by atoms with Gasteiger partial charge in [-0.15, -0.1) is 11.3 Å². The number of aliphatic hydroxyl groups excluding tert-OH is 1. The molecule has 1 unspecified atom stereocenters. The molecule has 5 nitrogen and oxygen atoms in total. The van der Waals surface area contributed by atoms with E-state index >= 15 is 0 Å². The van der Waals surface area contributed by atoms with Crippen LogP contribution in [0.25, 0.3) is 10.2 Å². The molecule has 0 spiro atoms. The highest BCUT2D eigenvalue weighted by molar-refractivity contribution is 7.21. The molecule has 26 heavy (non-hydrogen) atoms. The molecule has 0 saturated heterocycles. The fourth-order valence-corrected chi connectivity index (χ4v) is 4.70. The summed E-state index contributed by atoms with van der Waals surface area (Å²) in [5.41, 5.74) is 8.75. The van der Waals surface area contributed by atoms with Crippen molar-refractivity contribution in [3.63, 3.8) is 0 Å². The van der Waals surface area contributed by atoms with E-state index in [0.717, 1.165) is 24.1 Å². The number of thiophene rings is 1. The summed E-state index contributed by atoms with van der Waals surface area (Å²) in [6.07, 6.45) is 1.91. The predicted molar refractivity (Wildman–Crippen MR) is 106 cm³/mol. The summed E-state index contributed by atoms with van der Waals surface area (Å²) in [6.45, 7) is 0. The van der Waals surface area contributed by atoms with Gasteiger partial charge in [-0.2, -0.15) is 0 Å². The Labute approximate surface area is 163 Å². The maximum absolute atomic E-state index is 12.7. The maximum atomic E-state index is 12.7. The number of amides is 1. The topological polar surface area (TPSA) is 88.2 Å². The number of halogens is 2. The number of nitrogens with zero attached hydrogens (tertiary/aromatic N) is 1. The summed E-state index contributed by atoms with van der Waals surface area (Å²) in [6, 6.07) is 6.68. The first kappa shape index (κ1) is 17.5. The Kier molecular flexibility index (Phi) is 4.52. The molecule has 2 aromatic heterocycles. The van der Waals surface area contributed by atoms with Crippen molar-refractivity contribution in [1.82, 2.24) is 4.98 Å². The molecule has 134 valence electrons. The van der Waals surface area contributed by atoms with Crippen LogP contribution in [0, 0.1) is 0 Å². The largest absolute Gasteiger partial charge is 0.397 e. The Morgan fingerprint density at radius 1 is 1.27 bits per heavy atom. The zero-order valence-electron chi connectivity index (χ0n) is 13.6. The molecule has 4 rings (SSSR count). The van der Waals surface area contributed by atoms with Crippen LogP contribution < -0.4 is 11.1 Å². The summed E-state index contributed by atoms with van der Waals surface area (Å²) in [7, 11) is 0. The van der Waals surface area contributed by atoms with Gasteiger partial charge >= 0.3 is 0 Å². The van der Waals surface area contributed by atoms with Crippen LogP contribution in [0.5, 0.6) is 0 Å². The van der Waals surface area contributed by atoms with Gasteiger partial charge in [-0.05, 0) is 43.5 Å². The lowest BCUT2D eigenvalue weighted by Gasteiger charge is -2.20. The van der Waals surface area contributed by atoms with E-state index in [1.54, 1.807) is 18.2 Å². The second-order valence-corrected chi connectivity index (χ2v) is 8.11. The SMILES string of the molecule is Nc1c(C(=O)Nc2cc(Cl)cc(Cl)c2)sc2nc3c(cc12)C(O)CCC3. The van der Waals surface area contributed by atoms with E-state index in [9.17, 15) is 9.90 Å². The monoisotopic (exact) mass is 407 g/mol. The minimum atomic E-state index is -0.527. The second kappa shape index (κ2) is 6.70. The number of pyridine rings is 1. The number of benzene rings is 1. The molecule has 8 heteroatoms. The van der Waals surface area contributed by atoms with Crippen molar-refractivity contribution in [2.45, 2.75) is 25.4 Å². The van der Waals surface area contributed by atoms with Crippen LogP contribution in [0.1, 0.15) is 39.9 Å². The smallest absolute Gasteiger partial charge is 0.267 e. The zero-order valence-corrected chi connectivity index (χ0v) is 15.9. The van der Waals surface area contributed by atoms with Gasteiger partial charge < -0.3 is 16.2 Å². The van der Waals surface area contributed by atoms with Crippen LogP contribution in [-0.2, 0) is 6.42 Å². The van der Waals surface area contributed by atoms with Crippen LogP contribution in [0.2, 0.25) is 10.0 Å². The van der Waals surface area contributed by atoms with Gasteiger partial charge in [0.05, 0.1) is 11.8 Å². The van der Waals surface area contributed by atoms with Gasteiger partial charge in [-0.25, -0.2) is 4.98 Å². The summed E-state index contributed by atoms with van der Waals surface area (Å²) < 4.78 is 0. The third kappa shape index (κ3) is 3.14. The van der Waals surface area contributed by atoms with Gasteiger partial charge in [0.2, 0.25) is 0 Å². The van der Waals surface area contributed by atoms with Gasteiger partial charge in [-0.1, -0.05) is 23.2 Å². The number of aromatic nitrogens is 1. The molecule has 4 N–H and O–H groups in total. The Bertz CT molecular complexity index is 1010. The molecule has 1 aliphatic rings.